The molecule has 3 aliphatic rings. The average molecular weight is 596 g/mol. The van der Waals surface area contributed by atoms with Crippen LogP contribution in [0, 0.1) is 0 Å². The highest BCUT2D eigenvalue weighted by Gasteiger charge is 2.66. The van der Waals surface area contributed by atoms with Crippen LogP contribution in [0.25, 0.3) is 11.6 Å². The first kappa shape index (κ1) is 26.6. The third-order valence-electron chi connectivity index (χ3n) is 7.48. The van der Waals surface area contributed by atoms with Gasteiger partial charge in [-0.05, 0) is 25.3 Å². The zero-order valence-electron chi connectivity index (χ0n) is 21.9. The maximum absolute atomic E-state index is 13.9. The lowest BCUT2D eigenvalue weighted by Crippen LogP contribution is -2.32. The number of hydrogen-bond acceptors (Lipinski definition) is 10. The molecule has 4 aromatic rings. The Kier molecular flexibility index (Phi) is 6.46. The number of hydrogen-bond donors (Lipinski definition) is 3. The molecular formula is C28H24F3N7O3S. The molecule has 2 unspecified atom stereocenters. The molecule has 2 aromatic heterocycles. The van der Waals surface area contributed by atoms with Crippen molar-refractivity contribution in [1.29, 1.82) is 0 Å². The van der Waals surface area contributed by atoms with Gasteiger partial charge in [0.05, 0.1) is 24.0 Å². The second-order valence-electron chi connectivity index (χ2n) is 10.3. The summed E-state index contributed by atoms with van der Waals surface area (Å²) in [6.45, 7) is 0.979. The molecule has 42 heavy (non-hydrogen) atoms. The van der Waals surface area contributed by atoms with E-state index in [9.17, 15) is 18.0 Å². The van der Waals surface area contributed by atoms with Crippen LogP contribution in [0.2, 0.25) is 0 Å². The fraction of sp³-hybridized carbons (Fsp3) is 0.321. The van der Waals surface area contributed by atoms with Gasteiger partial charge in [0.15, 0.2) is 5.69 Å². The highest BCUT2D eigenvalue weighted by atomic mass is 32.1. The van der Waals surface area contributed by atoms with E-state index in [2.05, 4.69) is 31.1 Å². The number of amides is 1. The van der Waals surface area contributed by atoms with Crippen molar-refractivity contribution in [2.24, 2.45) is 4.99 Å². The third kappa shape index (κ3) is 4.79. The number of alkyl halides is 3. The predicted molar refractivity (Wildman–Crippen MR) is 150 cm³/mol. The van der Waals surface area contributed by atoms with Gasteiger partial charge in [-0.3, -0.25) is 4.79 Å². The molecule has 1 saturated carbocycles. The number of carbonyl (C=O) groups excluding carboxylic acids is 1. The van der Waals surface area contributed by atoms with Crippen molar-refractivity contribution < 1.29 is 27.1 Å². The zero-order valence-corrected chi connectivity index (χ0v) is 22.8. The number of benzodiazepines with no additional fused rings is 1. The van der Waals surface area contributed by atoms with Crippen LogP contribution < -0.4 is 16.0 Å². The fourth-order valence-corrected chi connectivity index (χ4v) is 6.32. The van der Waals surface area contributed by atoms with Crippen molar-refractivity contribution in [2.45, 2.75) is 43.1 Å². The molecule has 14 heteroatoms. The van der Waals surface area contributed by atoms with E-state index in [0.717, 1.165) is 22.5 Å². The standard InChI is InChI=1S/C28H24F3N7O3S/c29-28(30,31)27(11-12-27)25-35-20(24(42-25)32-16-10-13-40-14-16)23-37-38-26(41-23)36-21-22(39)33-18-9-5-4-8-17(18)19(34-21)15-6-2-1-3-7-15/h1-9,16,21,32H,10-14H2,(H,33,39)(H,36,38). The number of aromatic nitrogens is 3. The minimum atomic E-state index is -4.42. The van der Waals surface area contributed by atoms with Crippen molar-refractivity contribution in [3.8, 4) is 11.6 Å². The van der Waals surface area contributed by atoms with Gasteiger partial charge in [0, 0.05) is 17.7 Å². The molecule has 3 N–H and O–H groups in total. The van der Waals surface area contributed by atoms with Gasteiger partial charge in [-0.2, -0.15) is 13.2 Å². The van der Waals surface area contributed by atoms with Crippen LogP contribution in [-0.4, -0.2) is 58.4 Å². The maximum atomic E-state index is 13.9. The average Bonchev–Trinajstić information content (AvgIpc) is 3.27. The molecule has 2 aliphatic heterocycles. The highest BCUT2D eigenvalue weighted by Crippen LogP contribution is 2.60. The van der Waals surface area contributed by atoms with Crippen LogP contribution in [0.15, 0.2) is 64.0 Å². The first-order valence-corrected chi connectivity index (χ1v) is 14.2. The fourth-order valence-electron chi connectivity index (χ4n) is 5.02. The van der Waals surface area contributed by atoms with Crippen molar-refractivity contribution in [2.75, 3.05) is 29.2 Å². The number of rotatable bonds is 7. The molecular weight excluding hydrogens is 571 g/mol. The van der Waals surface area contributed by atoms with Gasteiger partial charge >= 0.3 is 12.2 Å². The number of halogens is 3. The van der Waals surface area contributed by atoms with Crippen LogP contribution in [0.3, 0.4) is 0 Å². The number of carbonyl (C=O) groups is 1. The second kappa shape index (κ2) is 10.2. The van der Waals surface area contributed by atoms with Crippen molar-refractivity contribution >= 4 is 39.7 Å². The van der Waals surface area contributed by atoms with Crippen LogP contribution in [0.4, 0.5) is 29.9 Å². The summed E-state index contributed by atoms with van der Waals surface area (Å²) in [5.74, 6) is -0.530. The Hall–Kier alpha value is -4.30. The lowest BCUT2D eigenvalue weighted by atomic mass is 10.0. The van der Waals surface area contributed by atoms with E-state index in [-0.39, 0.29) is 41.5 Å². The number of anilines is 3. The summed E-state index contributed by atoms with van der Waals surface area (Å²) < 4.78 is 53.0. The van der Waals surface area contributed by atoms with Gasteiger partial charge in [-0.25, -0.2) is 9.98 Å². The monoisotopic (exact) mass is 595 g/mol. The van der Waals surface area contributed by atoms with Crippen molar-refractivity contribution in [3.63, 3.8) is 0 Å². The number of nitrogens with one attached hydrogen (secondary N) is 3. The Morgan fingerprint density at radius 2 is 1.81 bits per heavy atom. The smallest absolute Gasteiger partial charge is 0.400 e. The molecule has 10 nitrogen and oxygen atoms in total. The molecule has 0 radical (unpaired) electrons. The molecule has 0 spiro atoms. The normalized spacial score (nSPS) is 21.2. The van der Waals surface area contributed by atoms with Gasteiger partial charge in [0.25, 0.3) is 11.8 Å². The Bertz CT molecular complexity index is 1660. The maximum Gasteiger partial charge on any atom is 0.400 e. The van der Waals surface area contributed by atoms with E-state index >= 15 is 0 Å². The van der Waals surface area contributed by atoms with Gasteiger partial charge in [0.2, 0.25) is 6.17 Å². The molecule has 1 amide bonds. The highest BCUT2D eigenvalue weighted by molar-refractivity contribution is 7.16. The molecule has 7 rings (SSSR count). The largest absolute Gasteiger partial charge is 0.402 e. The number of thiazole rings is 1. The van der Waals surface area contributed by atoms with Crippen LogP contribution >= 0.6 is 11.3 Å². The van der Waals surface area contributed by atoms with E-state index in [1.165, 1.54) is 0 Å². The van der Waals surface area contributed by atoms with Crippen LogP contribution in [0.5, 0.6) is 0 Å². The van der Waals surface area contributed by atoms with Gasteiger partial charge in [-0.1, -0.05) is 65.0 Å². The summed E-state index contributed by atoms with van der Waals surface area (Å²) in [5, 5.41) is 17.4. The lowest BCUT2D eigenvalue weighted by molar-refractivity contribution is -0.160. The topological polar surface area (TPSA) is 127 Å². The van der Waals surface area contributed by atoms with Crippen molar-refractivity contribution in [3.05, 3.63) is 70.7 Å². The Morgan fingerprint density at radius 1 is 1.02 bits per heavy atom. The summed E-state index contributed by atoms with van der Waals surface area (Å²) >= 11 is 0.945. The van der Waals surface area contributed by atoms with Gasteiger partial charge in [-0.15, -0.1) is 5.10 Å². The quantitative estimate of drug-likeness (QED) is 0.266. The summed E-state index contributed by atoms with van der Waals surface area (Å²) in [6, 6.07) is 16.5. The van der Waals surface area contributed by atoms with Crippen LogP contribution in [0.1, 0.15) is 35.4 Å². The molecule has 2 fully saturated rings. The minimum Gasteiger partial charge on any atom is -0.402 e. The number of nitrogens with zero attached hydrogens (tertiary/aromatic N) is 4. The van der Waals surface area contributed by atoms with E-state index < -0.39 is 23.7 Å². The molecule has 2 aromatic carbocycles. The Balaban J connectivity index is 1.21. The van der Waals surface area contributed by atoms with Crippen LogP contribution in [-0.2, 0) is 14.9 Å². The Morgan fingerprint density at radius 3 is 2.55 bits per heavy atom. The number of ether oxygens (including phenoxy) is 1. The molecule has 4 heterocycles. The summed E-state index contributed by atoms with van der Waals surface area (Å²) in [4.78, 5) is 22.2. The van der Waals surface area contributed by atoms with E-state index in [1.54, 1.807) is 6.07 Å². The second-order valence-corrected chi connectivity index (χ2v) is 11.3. The van der Waals surface area contributed by atoms with E-state index in [4.69, 9.17) is 14.1 Å². The third-order valence-corrected chi connectivity index (χ3v) is 8.67. The Labute approximate surface area is 241 Å². The zero-order chi connectivity index (χ0) is 28.9. The lowest BCUT2D eigenvalue weighted by Gasteiger charge is -2.16. The number of benzene rings is 2. The summed E-state index contributed by atoms with van der Waals surface area (Å²) in [7, 11) is 0. The van der Waals surface area contributed by atoms with Crippen molar-refractivity contribution in [1.82, 2.24) is 15.2 Å². The van der Waals surface area contributed by atoms with E-state index in [0.29, 0.717) is 36.0 Å². The molecule has 216 valence electrons. The number of fused-ring (bicyclic) bond motifs is 1. The summed E-state index contributed by atoms with van der Waals surface area (Å²) in [6.07, 6.45) is -4.90. The van der Waals surface area contributed by atoms with E-state index in [1.807, 2.05) is 48.5 Å². The minimum absolute atomic E-state index is 0.0208. The SMILES string of the molecule is O=C1Nc2ccccc2C(c2ccccc2)=NC1Nc1nnc(-c2nc(C3(C(F)(F)F)CC3)sc2NC2CCOC2)o1. The van der Waals surface area contributed by atoms with Gasteiger partial charge < -0.3 is 25.1 Å². The number of aliphatic imine (C=N–C) groups is 1. The molecule has 2 atom stereocenters. The summed E-state index contributed by atoms with van der Waals surface area (Å²) in [5.41, 5.74) is 0.895. The molecule has 1 aliphatic carbocycles. The molecule has 0 bridgehead atoms. The van der Waals surface area contributed by atoms with Gasteiger partial charge in [0.1, 0.15) is 15.4 Å². The first-order valence-electron chi connectivity index (χ1n) is 13.4. The first-order chi connectivity index (χ1) is 20.3. The molecule has 1 saturated heterocycles. The predicted octanol–water partition coefficient (Wildman–Crippen LogP) is 5.22. The number of para-hydroxylation sites is 1.